The number of carbonyl (C=O) groups is 2. The molecule has 26 heavy (non-hydrogen) atoms. The lowest BCUT2D eigenvalue weighted by Crippen LogP contribution is -2.54. The lowest BCUT2D eigenvalue weighted by Gasteiger charge is -2.27. The highest BCUT2D eigenvalue weighted by Gasteiger charge is 2.19. The van der Waals surface area contributed by atoms with Gasteiger partial charge >= 0.3 is 11.9 Å². The van der Waals surface area contributed by atoms with Gasteiger partial charge in [-0.3, -0.25) is 0 Å². The molecule has 0 heterocycles. The summed E-state index contributed by atoms with van der Waals surface area (Å²) in [5, 5.41) is 2.12. The van der Waals surface area contributed by atoms with Gasteiger partial charge in [-0.15, -0.1) is 0 Å². The van der Waals surface area contributed by atoms with E-state index in [-0.39, 0.29) is 23.6 Å². The van der Waals surface area contributed by atoms with Crippen molar-refractivity contribution in [2.75, 3.05) is 27.2 Å². The molecule has 0 aliphatic rings. The molecule has 0 fully saturated rings. The number of fused-ring (bicyclic) bond motifs is 1. The Morgan fingerprint density at radius 2 is 1.81 bits per heavy atom. The number of esters is 1. The number of hydrogen-bond donors (Lipinski definition) is 1. The van der Waals surface area contributed by atoms with Gasteiger partial charge in [0.25, 0.3) is 0 Å². The van der Waals surface area contributed by atoms with Gasteiger partial charge in [-0.05, 0) is 23.3 Å². The maximum absolute atomic E-state index is 12.2. The summed E-state index contributed by atoms with van der Waals surface area (Å²) in [5.74, 6) is -0.815. The molecule has 2 aromatic carbocycles. The normalized spacial score (nSPS) is 11.2. The van der Waals surface area contributed by atoms with Crippen LogP contribution in [0.4, 0.5) is 0 Å². The molecule has 6 nitrogen and oxygen atoms in total. The molecular weight excluding hydrogens is 332 g/mol. The summed E-state index contributed by atoms with van der Waals surface area (Å²) in [6.07, 6.45) is 0.166. The number of nitrogens with zero attached hydrogens (tertiary/aromatic N) is 1. The van der Waals surface area contributed by atoms with Gasteiger partial charge in [0.15, 0.2) is 0 Å². The number of nitrogens with one attached hydrogen (secondary N) is 1. The van der Waals surface area contributed by atoms with Crippen LogP contribution >= 0.6 is 0 Å². The standard InChI is InChI=1S/C20H25N2O4/c1-15(2)20(24)25-13-12-22(3,4)21-26-19(23)14-17-10-7-9-16-8-5-6-11-18(16)17/h5-11,21H,1,12-14H2,2-4H3/q+1. The first-order valence-corrected chi connectivity index (χ1v) is 8.38. The van der Waals surface area contributed by atoms with E-state index in [1.165, 1.54) is 0 Å². The Morgan fingerprint density at radius 1 is 1.12 bits per heavy atom. The Morgan fingerprint density at radius 3 is 2.54 bits per heavy atom. The topological polar surface area (TPSA) is 64.6 Å². The SMILES string of the molecule is C=C(C)C(=O)OCC[N+](C)(C)NOC(=O)Cc1cccc2ccccc12. The van der Waals surface area contributed by atoms with Gasteiger partial charge in [-0.2, -0.15) is 0 Å². The molecule has 2 rings (SSSR count). The van der Waals surface area contributed by atoms with Crippen molar-refractivity contribution in [1.29, 1.82) is 0 Å². The van der Waals surface area contributed by atoms with Crippen LogP contribution in [0.1, 0.15) is 12.5 Å². The Labute approximate surface area is 153 Å². The van der Waals surface area contributed by atoms with Crippen molar-refractivity contribution in [3.63, 3.8) is 0 Å². The molecule has 0 aromatic heterocycles. The number of likely N-dealkylation sites (N-methyl/N-ethyl adjacent to an activating group) is 1. The smallest absolute Gasteiger partial charge is 0.335 e. The Hall–Kier alpha value is -2.70. The number of quaternary nitrogens is 1. The van der Waals surface area contributed by atoms with Crippen molar-refractivity contribution in [3.8, 4) is 0 Å². The summed E-state index contributed by atoms with van der Waals surface area (Å²) in [7, 11) is 3.61. The van der Waals surface area contributed by atoms with Gasteiger partial charge in [0.2, 0.25) is 0 Å². The second kappa shape index (κ2) is 8.60. The van der Waals surface area contributed by atoms with Crippen molar-refractivity contribution >= 4 is 22.7 Å². The molecule has 0 unspecified atom stereocenters. The van der Waals surface area contributed by atoms with E-state index in [1.54, 1.807) is 21.0 Å². The van der Waals surface area contributed by atoms with Crippen LogP contribution in [0.25, 0.3) is 10.8 Å². The first kappa shape index (κ1) is 19.6. The third kappa shape index (κ3) is 5.68. The summed E-state index contributed by atoms with van der Waals surface area (Å²) in [5.41, 5.74) is 3.97. The highest BCUT2D eigenvalue weighted by atomic mass is 16.7. The highest BCUT2D eigenvalue weighted by molar-refractivity contribution is 5.89. The largest absolute Gasteiger partial charge is 0.456 e. The van der Waals surface area contributed by atoms with Crippen LogP contribution in [-0.2, 0) is 25.6 Å². The molecule has 0 aliphatic heterocycles. The van der Waals surface area contributed by atoms with Gasteiger partial charge < -0.3 is 9.57 Å². The minimum Gasteiger partial charge on any atom is -0.456 e. The fraction of sp³-hybridized carbons (Fsp3) is 0.300. The first-order chi connectivity index (χ1) is 12.3. The van der Waals surface area contributed by atoms with Crippen LogP contribution in [0.2, 0.25) is 0 Å². The van der Waals surface area contributed by atoms with Gasteiger partial charge in [0, 0.05) is 11.2 Å². The lowest BCUT2D eigenvalue weighted by molar-refractivity contribution is -0.958. The second-order valence-electron chi connectivity index (χ2n) is 6.71. The van der Waals surface area contributed by atoms with E-state index in [2.05, 4.69) is 12.2 Å². The van der Waals surface area contributed by atoms with E-state index >= 15 is 0 Å². The number of ether oxygens (including phenoxy) is 1. The van der Waals surface area contributed by atoms with Gasteiger partial charge in [0.05, 0.1) is 20.5 Å². The summed E-state index contributed by atoms with van der Waals surface area (Å²) in [6.45, 7) is 5.74. The molecule has 0 bridgehead atoms. The van der Waals surface area contributed by atoms with E-state index in [9.17, 15) is 9.59 Å². The average molecular weight is 357 g/mol. The van der Waals surface area contributed by atoms with Gasteiger partial charge in [0.1, 0.15) is 13.2 Å². The zero-order valence-electron chi connectivity index (χ0n) is 15.5. The summed E-state index contributed by atoms with van der Waals surface area (Å²) in [4.78, 5) is 28.7. The Bertz CT molecular complexity index is 809. The molecule has 6 heteroatoms. The number of hydrogen-bond acceptors (Lipinski definition) is 5. The molecule has 0 atom stereocenters. The fourth-order valence-corrected chi connectivity index (χ4v) is 2.35. The van der Waals surface area contributed by atoms with Crippen LogP contribution in [0, 0.1) is 0 Å². The molecular formula is C20H25N2O4+. The quantitative estimate of drug-likeness (QED) is 0.340. The molecule has 0 aliphatic carbocycles. The van der Waals surface area contributed by atoms with Crippen LogP contribution in [0.15, 0.2) is 54.6 Å². The monoisotopic (exact) mass is 357 g/mol. The zero-order chi connectivity index (χ0) is 19.2. The molecule has 1 N–H and O–H groups in total. The van der Waals surface area contributed by atoms with E-state index in [0.717, 1.165) is 16.3 Å². The summed E-state index contributed by atoms with van der Waals surface area (Å²) in [6, 6.07) is 13.8. The predicted octanol–water partition coefficient (Wildman–Crippen LogP) is 2.54. The van der Waals surface area contributed by atoms with Crippen molar-refractivity contribution in [2.24, 2.45) is 0 Å². The average Bonchev–Trinajstić information content (AvgIpc) is 2.60. The number of carbonyl (C=O) groups excluding carboxylic acids is 2. The number of rotatable bonds is 8. The van der Waals surface area contributed by atoms with E-state index in [1.807, 2.05) is 42.5 Å². The summed E-state index contributed by atoms with van der Waals surface area (Å²) >= 11 is 0. The van der Waals surface area contributed by atoms with Crippen LogP contribution in [0.5, 0.6) is 0 Å². The minimum absolute atomic E-state index is 0.157. The molecule has 0 saturated carbocycles. The van der Waals surface area contributed by atoms with Gasteiger partial charge in [-0.25, -0.2) is 14.2 Å². The van der Waals surface area contributed by atoms with E-state index in [4.69, 9.17) is 9.57 Å². The lowest BCUT2D eigenvalue weighted by atomic mass is 10.0. The van der Waals surface area contributed by atoms with Crippen LogP contribution in [0.3, 0.4) is 0 Å². The molecule has 0 radical (unpaired) electrons. The van der Waals surface area contributed by atoms with Crippen molar-refractivity contribution in [3.05, 3.63) is 60.2 Å². The Kier molecular flexibility index (Phi) is 6.49. The molecule has 0 amide bonds. The third-order valence-corrected chi connectivity index (χ3v) is 3.85. The molecule has 0 saturated heterocycles. The zero-order valence-corrected chi connectivity index (χ0v) is 15.5. The van der Waals surface area contributed by atoms with Crippen LogP contribution in [-0.4, -0.2) is 43.8 Å². The first-order valence-electron chi connectivity index (χ1n) is 8.38. The van der Waals surface area contributed by atoms with E-state index in [0.29, 0.717) is 12.1 Å². The molecule has 2 aromatic rings. The van der Waals surface area contributed by atoms with Gasteiger partial charge in [-0.1, -0.05) is 49.0 Å². The highest BCUT2D eigenvalue weighted by Crippen LogP contribution is 2.19. The second-order valence-corrected chi connectivity index (χ2v) is 6.71. The third-order valence-electron chi connectivity index (χ3n) is 3.85. The molecule has 0 spiro atoms. The maximum atomic E-state index is 12.2. The van der Waals surface area contributed by atoms with E-state index < -0.39 is 5.97 Å². The van der Waals surface area contributed by atoms with Crippen molar-refractivity contribution in [1.82, 2.24) is 5.59 Å². The minimum atomic E-state index is -0.432. The molecule has 138 valence electrons. The van der Waals surface area contributed by atoms with Crippen LogP contribution < -0.4 is 5.59 Å². The Balaban J connectivity index is 1.85. The maximum Gasteiger partial charge on any atom is 0.335 e. The number of benzene rings is 2. The fourth-order valence-electron chi connectivity index (χ4n) is 2.35. The predicted molar refractivity (Wildman–Crippen MR) is 99.6 cm³/mol. The summed E-state index contributed by atoms with van der Waals surface area (Å²) < 4.78 is 5.21. The van der Waals surface area contributed by atoms with Crippen molar-refractivity contribution in [2.45, 2.75) is 13.3 Å². The van der Waals surface area contributed by atoms with Crippen molar-refractivity contribution < 1.29 is 23.8 Å².